The first-order valence-electron chi connectivity index (χ1n) is 8.52. The van der Waals surface area contributed by atoms with E-state index in [0.29, 0.717) is 22.9 Å². The van der Waals surface area contributed by atoms with Gasteiger partial charge >= 0.3 is 0 Å². The zero-order valence-corrected chi connectivity index (χ0v) is 16.4. The van der Waals surface area contributed by atoms with E-state index in [1.165, 1.54) is 11.3 Å². The number of aryl methyl sites for hydroxylation is 2. The Bertz CT molecular complexity index is 1150. The Kier molecular flexibility index (Phi) is 4.72. The van der Waals surface area contributed by atoms with E-state index >= 15 is 0 Å². The quantitative estimate of drug-likeness (QED) is 0.460. The number of carbonyl (C=O) groups excluding carboxylic acids is 1. The minimum atomic E-state index is -0.290. The molecule has 0 fully saturated rings. The van der Waals surface area contributed by atoms with Crippen LogP contribution in [0.2, 0.25) is 5.02 Å². The van der Waals surface area contributed by atoms with Gasteiger partial charge in [0.25, 0.3) is 5.91 Å². The number of carbonyl (C=O) groups is 1. The van der Waals surface area contributed by atoms with Gasteiger partial charge in [-0.15, -0.1) is 11.3 Å². The summed E-state index contributed by atoms with van der Waals surface area (Å²) in [5.74, 6) is 0.0263. The molecular formula is C21H17ClN2O2S. The highest BCUT2D eigenvalue weighted by molar-refractivity contribution is 7.15. The van der Waals surface area contributed by atoms with Crippen LogP contribution in [-0.2, 0) is 6.42 Å². The van der Waals surface area contributed by atoms with Crippen LogP contribution in [0.3, 0.4) is 0 Å². The molecule has 0 unspecified atom stereocenters. The average Bonchev–Trinajstić information content (AvgIpc) is 3.17. The van der Waals surface area contributed by atoms with Crippen LogP contribution in [0.4, 0.5) is 5.13 Å². The third kappa shape index (κ3) is 3.48. The fourth-order valence-electron chi connectivity index (χ4n) is 3.01. The van der Waals surface area contributed by atoms with Crippen molar-refractivity contribution in [1.82, 2.24) is 4.98 Å². The fraction of sp³-hybridized carbons (Fsp3) is 0.143. The number of benzene rings is 2. The SMILES string of the molecule is Cc1nc(NC(=O)c2oc3ccccc3c2C)sc1Cc1ccccc1Cl. The maximum Gasteiger partial charge on any atom is 0.293 e. The number of halogens is 1. The Labute approximate surface area is 165 Å². The molecule has 136 valence electrons. The lowest BCUT2D eigenvalue weighted by Crippen LogP contribution is -2.11. The first-order chi connectivity index (χ1) is 13.0. The van der Waals surface area contributed by atoms with Gasteiger partial charge in [0.05, 0.1) is 5.69 Å². The second-order valence-corrected chi connectivity index (χ2v) is 7.79. The first kappa shape index (κ1) is 17.8. The zero-order chi connectivity index (χ0) is 19.0. The van der Waals surface area contributed by atoms with Crippen molar-refractivity contribution in [2.75, 3.05) is 5.32 Å². The van der Waals surface area contributed by atoms with Crippen molar-refractivity contribution in [1.29, 1.82) is 0 Å². The summed E-state index contributed by atoms with van der Waals surface area (Å²) in [5, 5.41) is 5.09. The van der Waals surface area contributed by atoms with Crippen LogP contribution < -0.4 is 5.32 Å². The van der Waals surface area contributed by atoms with Gasteiger partial charge in [0.2, 0.25) is 0 Å². The molecule has 6 heteroatoms. The van der Waals surface area contributed by atoms with E-state index in [0.717, 1.165) is 32.1 Å². The minimum absolute atomic E-state index is 0.290. The summed E-state index contributed by atoms with van der Waals surface area (Å²) in [4.78, 5) is 18.2. The fourth-order valence-corrected chi connectivity index (χ4v) is 4.19. The minimum Gasteiger partial charge on any atom is -0.451 e. The summed E-state index contributed by atoms with van der Waals surface area (Å²) in [5.41, 5.74) is 3.45. The van der Waals surface area contributed by atoms with Crippen molar-refractivity contribution < 1.29 is 9.21 Å². The number of fused-ring (bicyclic) bond motifs is 1. The van der Waals surface area contributed by atoms with E-state index in [1.807, 2.05) is 62.4 Å². The van der Waals surface area contributed by atoms with Gasteiger partial charge < -0.3 is 4.42 Å². The van der Waals surface area contributed by atoms with E-state index in [9.17, 15) is 4.79 Å². The number of amides is 1. The second kappa shape index (κ2) is 7.18. The molecule has 27 heavy (non-hydrogen) atoms. The number of hydrogen-bond acceptors (Lipinski definition) is 4. The van der Waals surface area contributed by atoms with Gasteiger partial charge in [0.1, 0.15) is 5.58 Å². The number of aromatic nitrogens is 1. The van der Waals surface area contributed by atoms with Gasteiger partial charge in [-0.1, -0.05) is 48.0 Å². The molecule has 0 atom stereocenters. The molecule has 2 aromatic carbocycles. The number of thiazole rings is 1. The van der Waals surface area contributed by atoms with Crippen molar-refractivity contribution in [3.8, 4) is 0 Å². The molecule has 0 aliphatic carbocycles. The summed E-state index contributed by atoms with van der Waals surface area (Å²) < 4.78 is 5.73. The maximum absolute atomic E-state index is 12.7. The van der Waals surface area contributed by atoms with Crippen LogP contribution in [-0.4, -0.2) is 10.9 Å². The molecule has 0 saturated carbocycles. The van der Waals surface area contributed by atoms with Crippen molar-refractivity contribution in [2.24, 2.45) is 0 Å². The van der Waals surface area contributed by atoms with Crippen LogP contribution in [0.1, 0.15) is 32.3 Å². The summed E-state index contributed by atoms with van der Waals surface area (Å²) in [6, 6.07) is 15.4. The summed E-state index contributed by atoms with van der Waals surface area (Å²) in [6.45, 7) is 3.82. The molecule has 0 aliphatic heterocycles. The Morgan fingerprint density at radius 1 is 1.15 bits per heavy atom. The topological polar surface area (TPSA) is 55.1 Å². The molecular weight excluding hydrogens is 380 g/mol. The van der Waals surface area contributed by atoms with Crippen molar-refractivity contribution in [2.45, 2.75) is 20.3 Å². The monoisotopic (exact) mass is 396 g/mol. The van der Waals surface area contributed by atoms with Crippen LogP contribution in [0, 0.1) is 13.8 Å². The smallest absolute Gasteiger partial charge is 0.293 e. The number of anilines is 1. The summed E-state index contributed by atoms with van der Waals surface area (Å²) in [6.07, 6.45) is 0.683. The van der Waals surface area contributed by atoms with Crippen LogP contribution in [0.5, 0.6) is 0 Å². The van der Waals surface area contributed by atoms with E-state index in [4.69, 9.17) is 16.0 Å². The van der Waals surface area contributed by atoms with Gasteiger partial charge in [-0.25, -0.2) is 4.98 Å². The van der Waals surface area contributed by atoms with Crippen molar-refractivity contribution >= 4 is 44.9 Å². The molecule has 4 nitrogen and oxygen atoms in total. The Morgan fingerprint density at radius 2 is 1.89 bits per heavy atom. The lowest BCUT2D eigenvalue weighted by atomic mass is 10.1. The third-order valence-corrected chi connectivity index (χ3v) is 5.91. The molecule has 0 saturated heterocycles. The summed E-state index contributed by atoms with van der Waals surface area (Å²) in [7, 11) is 0. The van der Waals surface area contributed by atoms with Crippen LogP contribution in [0.15, 0.2) is 52.9 Å². The number of furan rings is 1. The Balaban J connectivity index is 1.57. The Morgan fingerprint density at radius 3 is 2.67 bits per heavy atom. The molecule has 0 radical (unpaired) electrons. The third-order valence-electron chi connectivity index (χ3n) is 4.47. The van der Waals surface area contributed by atoms with Gasteiger partial charge in [-0.05, 0) is 31.5 Å². The normalized spacial score (nSPS) is 11.1. The highest BCUT2D eigenvalue weighted by atomic mass is 35.5. The standard InChI is InChI=1S/C21H17ClN2O2S/c1-12-15-8-4-6-10-17(15)26-19(12)20(25)24-21-23-13(2)18(27-21)11-14-7-3-5-9-16(14)22/h3-10H,11H2,1-2H3,(H,23,24,25). The van der Waals surface area contributed by atoms with Crippen LogP contribution in [0.25, 0.3) is 11.0 Å². The highest BCUT2D eigenvalue weighted by Gasteiger charge is 2.19. The lowest BCUT2D eigenvalue weighted by molar-refractivity contribution is 0.0998. The lowest BCUT2D eigenvalue weighted by Gasteiger charge is -2.02. The molecule has 2 aromatic heterocycles. The van der Waals surface area contributed by atoms with Crippen molar-refractivity contribution in [3.05, 3.63) is 81.0 Å². The number of para-hydroxylation sites is 1. The van der Waals surface area contributed by atoms with Gasteiger partial charge in [-0.3, -0.25) is 10.1 Å². The number of nitrogens with zero attached hydrogens (tertiary/aromatic N) is 1. The molecule has 1 N–H and O–H groups in total. The Hall–Kier alpha value is -2.63. The molecule has 2 heterocycles. The number of hydrogen-bond donors (Lipinski definition) is 1. The van der Waals surface area contributed by atoms with Gasteiger partial charge in [0.15, 0.2) is 10.9 Å². The van der Waals surface area contributed by atoms with Gasteiger partial charge in [-0.2, -0.15) is 0 Å². The predicted molar refractivity (Wildman–Crippen MR) is 110 cm³/mol. The largest absolute Gasteiger partial charge is 0.451 e. The van der Waals surface area contributed by atoms with Gasteiger partial charge in [0, 0.05) is 27.3 Å². The highest BCUT2D eigenvalue weighted by Crippen LogP contribution is 2.29. The van der Waals surface area contributed by atoms with E-state index in [-0.39, 0.29) is 5.91 Å². The molecule has 0 bridgehead atoms. The van der Waals surface area contributed by atoms with E-state index < -0.39 is 0 Å². The summed E-state index contributed by atoms with van der Waals surface area (Å²) >= 11 is 7.71. The molecule has 4 rings (SSSR count). The maximum atomic E-state index is 12.7. The van der Waals surface area contributed by atoms with E-state index in [1.54, 1.807) is 0 Å². The van der Waals surface area contributed by atoms with Crippen LogP contribution >= 0.6 is 22.9 Å². The second-order valence-electron chi connectivity index (χ2n) is 6.30. The average molecular weight is 397 g/mol. The van der Waals surface area contributed by atoms with Crippen molar-refractivity contribution in [3.63, 3.8) is 0 Å². The molecule has 0 spiro atoms. The first-order valence-corrected chi connectivity index (χ1v) is 9.71. The van der Waals surface area contributed by atoms with E-state index in [2.05, 4.69) is 10.3 Å². The molecule has 4 aromatic rings. The molecule has 1 amide bonds. The zero-order valence-electron chi connectivity index (χ0n) is 14.9. The molecule has 0 aliphatic rings. The number of nitrogens with one attached hydrogen (secondary N) is 1. The number of rotatable bonds is 4. The predicted octanol–water partition coefficient (Wildman–Crippen LogP) is 6.00.